The maximum absolute atomic E-state index is 12.7. The highest BCUT2D eigenvalue weighted by atomic mass is 35.5. The molecule has 6 heteroatoms. The highest BCUT2D eigenvalue weighted by molar-refractivity contribution is 6.34. The van der Waals surface area contributed by atoms with Crippen LogP contribution in [0.1, 0.15) is 21.5 Å². The van der Waals surface area contributed by atoms with Gasteiger partial charge in [0.15, 0.2) is 0 Å². The predicted octanol–water partition coefficient (Wildman–Crippen LogP) is 4.06. The number of pyridine rings is 1. The summed E-state index contributed by atoms with van der Waals surface area (Å²) in [5.41, 5.74) is 3.10. The zero-order chi connectivity index (χ0) is 19.4. The number of aryl methyl sites for hydroxylation is 1. The zero-order valence-electron chi connectivity index (χ0n) is 15.0. The number of carbonyl (C=O) groups is 1. The fourth-order valence-electron chi connectivity index (χ4n) is 2.72. The molecular formula is C21H19ClN4O. The Kier molecular flexibility index (Phi) is 5.52. The van der Waals surface area contributed by atoms with Gasteiger partial charge >= 0.3 is 0 Å². The maximum Gasteiger partial charge on any atom is 0.258 e. The van der Waals surface area contributed by atoms with Crippen molar-refractivity contribution in [3.63, 3.8) is 0 Å². The molecule has 0 aliphatic rings. The number of amides is 1. The molecule has 3 N–H and O–H groups in total. The van der Waals surface area contributed by atoms with E-state index in [1.165, 1.54) is 0 Å². The molecule has 136 valence electrons. The first-order chi connectivity index (χ1) is 13.0. The van der Waals surface area contributed by atoms with Crippen molar-refractivity contribution in [3.05, 3.63) is 88.3 Å². The maximum atomic E-state index is 12.7. The summed E-state index contributed by atoms with van der Waals surface area (Å²) in [6.45, 7) is 1.94. The first-order valence-corrected chi connectivity index (χ1v) is 8.77. The molecule has 1 amide bonds. The summed E-state index contributed by atoms with van der Waals surface area (Å²) in [7, 11) is 1.68. The minimum Gasteiger partial charge on any atom is -0.375 e. The van der Waals surface area contributed by atoms with Crippen LogP contribution in [0.4, 0.5) is 0 Å². The van der Waals surface area contributed by atoms with Crippen LogP contribution in [-0.4, -0.2) is 23.7 Å². The summed E-state index contributed by atoms with van der Waals surface area (Å²) in [6.07, 6.45) is 3.24. The van der Waals surface area contributed by atoms with Gasteiger partial charge in [0.05, 0.1) is 21.8 Å². The van der Waals surface area contributed by atoms with Crippen LogP contribution in [0.15, 0.2) is 66.6 Å². The molecule has 0 atom stereocenters. The second kappa shape index (κ2) is 8.01. The Bertz CT molecular complexity index is 1060. The van der Waals surface area contributed by atoms with Gasteiger partial charge in [0.25, 0.3) is 5.91 Å². The first kappa shape index (κ1) is 18.6. The SMILES string of the molecule is CN/C(=C\C(=N)c1ccccc1C)NC(=O)c1cc2ncccc2cc1Cl. The lowest BCUT2D eigenvalue weighted by atomic mass is 10.0. The van der Waals surface area contributed by atoms with Crippen molar-refractivity contribution in [1.29, 1.82) is 5.41 Å². The topological polar surface area (TPSA) is 77.9 Å². The van der Waals surface area contributed by atoms with Gasteiger partial charge in [0.2, 0.25) is 0 Å². The van der Waals surface area contributed by atoms with Gasteiger partial charge in [0, 0.05) is 30.3 Å². The van der Waals surface area contributed by atoms with Crippen molar-refractivity contribution in [1.82, 2.24) is 15.6 Å². The van der Waals surface area contributed by atoms with Crippen molar-refractivity contribution in [2.45, 2.75) is 6.92 Å². The Labute approximate surface area is 162 Å². The van der Waals surface area contributed by atoms with Crippen LogP contribution in [0.3, 0.4) is 0 Å². The van der Waals surface area contributed by atoms with Gasteiger partial charge < -0.3 is 16.0 Å². The Hall–Kier alpha value is -3.18. The van der Waals surface area contributed by atoms with Gasteiger partial charge in [-0.3, -0.25) is 9.78 Å². The number of rotatable bonds is 5. The van der Waals surface area contributed by atoms with E-state index in [1.54, 1.807) is 31.5 Å². The van der Waals surface area contributed by atoms with Crippen LogP contribution in [0.5, 0.6) is 0 Å². The number of fused-ring (bicyclic) bond motifs is 1. The van der Waals surface area contributed by atoms with Gasteiger partial charge in [0.1, 0.15) is 5.82 Å². The number of benzene rings is 2. The monoisotopic (exact) mass is 378 g/mol. The fraction of sp³-hybridized carbons (Fsp3) is 0.0952. The molecule has 0 aliphatic carbocycles. The molecule has 0 bridgehead atoms. The molecule has 3 aromatic rings. The molecule has 3 rings (SSSR count). The second-order valence-corrected chi connectivity index (χ2v) is 6.43. The fourth-order valence-corrected chi connectivity index (χ4v) is 2.98. The van der Waals surface area contributed by atoms with Crippen molar-refractivity contribution < 1.29 is 4.79 Å². The lowest BCUT2D eigenvalue weighted by Crippen LogP contribution is -2.30. The lowest BCUT2D eigenvalue weighted by molar-refractivity contribution is 0.0964. The van der Waals surface area contributed by atoms with Crippen molar-refractivity contribution in [2.75, 3.05) is 7.05 Å². The average molecular weight is 379 g/mol. The normalized spacial score (nSPS) is 11.3. The molecule has 0 radical (unpaired) electrons. The van der Waals surface area contributed by atoms with Crippen LogP contribution >= 0.6 is 11.6 Å². The van der Waals surface area contributed by atoms with Crippen LogP contribution in [0.25, 0.3) is 10.9 Å². The van der Waals surface area contributed by atoms with Crippen LogP contribution < -0.4 is 10.6 Å². The predicted molar refractivity (Wildman–Crippen MR) is 109 cm³/mol. The quantitative estimate of drug-likeness (QED) is 0.586. The standard InChI is InChI=1S/C21H19ClN4O/c1-13-6-3-4-8-15(13)18(23)12-20(24-2)26-21(27)16-11-19-14(10-17(16)22)7-5-9-25-19/h3-12,23-24H,1-2H3,(H,26,27)/b20-12+,23-18?. The Morgan fingerprint density at radius 1 is 1.15 bits per heavy atom. The average Bonchev–Trinajstić information content (AvgIpc) is 2.67. The minimum atomic E-state index is -0.370. The van der Waals surface area contributed by atoms with Gasteiger partial charge in [-0.15, -0.1) is 0 Å². The zero-order valence-corrected chi connectivity index (χ0v) is 15.8. The molecule has 27 heavy (non-hydrogen) atoms. The minimum absolute atomic E-state index is 0.295. The number of carbonyl (C=O) groups excluding carboxylic acids is 1. The molecule has 0 saturated heterocycles. The van der Waals surface area contributed by atoms with E-state index in [1.807, 2.05) is 43.3 Å². The van der Waals surface area contributed by atoms with E-state index in [9.17, 15) is 4.79 Å². The lowest BCUT2D eigenvalue weighted by Gasteiger charge is -2.12. The second-order valence-electron chi connectivity index (χ2n) is 6.02. The summed E-state index contributed by atoms with van der Waals surface area (Å²) in [5.74, 6) is 0.0381. The van der Waals surface area contributed by atoms with Gasteiger partial charge in [-0.1, -0.05) is 41.9 Å². The van der Waals surface area contributed by atoms with E-state index in [0.717, 1.165) is 16.5 Å². The van der Waals surface area contributed by atoms with E-state index in [2.05, 4.69) is 15.6 Å². The van der Waals surface area contributed by atoms with E-state index < -0.39 is 0 Å². The number of halogens is 1. The highest BCUT2D eigenvalue weighted by Gasteiger charge is 2.14. The Balaban J connectivity index is 1.86. The summed E-state index contributed by atoms with van der Waals surface area (Å²) < 4.78 is 0. The van der Waals surface area contributed by atoms with Crippen LogP contribution in [0, 0.1) is 12.3 Å². The molecule has 0 aliphatic heterocycles. The molecule has 1 aromatic heterocycles. The molecule has 0 spiro atoms. The highest BCUT2D eigenvalue weighted by Crippen LogP contribution is 2.22. The number of hydrogen-bond donors (Lipinski definition) is 3. The summed E-state index contributed by atoms with van der Waals surface area (Å²) >= 11 is 6.28. The molecule has 0 saturated carbocycles. The van der Waals surface area contributed by atoms with E-state index in [4.69, 9.17) is 17.0 Å². The number of aromatic nitrogens is 1. The van der Waals surface area contributed by atoms with Crippen molar-refractivity contribution >= 4 is 34.1 Å². The number of allylic oxidation sites excluding steroid dienone is 1. The number of nitrogens with one attached hydrogen (secondary N) is 3. The van der Waals surface area contributed by atoms with E-state index in [0.29, 0.717) is 27.6 Å². The molecular weight excluding hydrogens is 360 g/mol. The molecule has 0 fully saturated rings. The van der Waals surface area contributed by atoms with Crippen molar-refractivity contribution in [2.24, 2.45) is 0 Å². The molecule has 0 unspecified atom stereocenters. The third-order valence-corrected chi connectivity index (χ3v) is 4.49. The van der Waals surface area contributed by atoms with Crippen molar-refractivity contribution in [3.8, 4) is 0 Å². The Morgan fingerprint density at radius 2 is 1.93 bits per heavy atom. The van der Waals surface area contributed by atoms with Crippen LogP contribution in [-0.2, 0) is 0 Å². The summed E-state index contributed by atoms with van der Waals surface area (Å²) in [6, 6.07) is 14.7. The Morgan fingerprint density at radius 3 is 2.67 bits per heavy atom. The van der Waals surface area contributed by atoms with Gasteiger partial charge in [-0.05, 0) is 30.7 Å². The smallest absolute Gasteiger partial charge is 0.258 e. The molecule has 1 heterocycles. The third-order valence-electron chi connectivity index (χ3n) is 4.18. The summed E-state index contributed by atoms with van der Waals surface area (Å²) in [4.78, 5) is 16.9. The summed E-state index contributed by atoms with van der Waals surface area (Å²) in [5, 5.41) is 15.2. The third kappa shape index (κ3) is 4.15. The van der Waals surface area contributed by atoms with Crippen LogP contribution in [0.2, 0.25) is 5.02 Å². The largest absolute Gasteiger partial charge is 0.375 e. The number of hydrogen-bond acceptors (Lipinski definition) is 4. The number of nitrogens with zero attached hydrogens (tertiary/aromatic N) is 1. The first-order valence-electron chi connectivity index (χ1n) is 8.39. The van der Waals surface area contributed by atoms with E-state index >= 15 is 0 Å². The van der Waals surface area contributed by atoms with Gasteiger partial charge in [-0.2, -0.15) is 0 Å². The van der Waals surface area contributed by atoms with Gasteiger partial charge in [-0.25, -0.2) is 0 Å². The molecule has 2 aromatic carbocycles. The van der Waals surface area contributed by atoms with E-state index in [-0.39, 0.29) is 5.91 Å². The molecule has 5 nitrogen and oxygen atoms in total.